The lowest BCUT2D eigenvalue weighted by molar-refractivity contribution is -0.144. The molecule has 0 bridgehead atoms. The van der Waals surface area contributed by atoms with Crippen LogP contribution in [0.5, 0.6) is 0 Å². The summed E-state index contributed by atoms with van der Waals surface area (Å²) in [5, 5.41) is 10.7. The minimum absolute atomic E-state index is 0.0687. The van der Waals surface area contributed by atoms with Crippen molar-refractivity contribution in [2.24, 2.45) is 0 Å². The Balaban J connectivity index is 1.70. The molecule has 9 heteroatoms. The topological polar surface area (TPSA) is 112 Å². The molecular weight excluding hydrogens is 400 g/mol. The Bertz CT molecular complexity index is 1030. The first-order valence-corrected chi connectivity index (χ1v) is 9.54. The Morgan fingerprint density at radius 1 is 1.13 bits per heavy atom. The summed E-state index contributed by atoms with van der Waals surface area (Å²) >= 11 is 0. The van der Waals surface area contributed by atoms with Gasteiger partial charge in [0.15, 0.2) is 6.04 Å². The predicted molar refractivity (Wildman–Crippen MR) is 111 cm³/mol. The van der Waals surface area contributed by atoms with Crippen LogP contribution in [0.2, 0.25) is 0 Å². The van der Waals surface area contributed by atoms with Crippen molar-refractivity contribution in [3.05, 3.63) is 71.9 Å². The third kappa shape index (κ3) is 5.53. The number of hydrogen-bond acceptors (Lipinski definition) is 7. The van der Waals surface area contributed by atoms with E-state index in [1.165, 1.54) is 11.8 Å². The van der Waals surface area contributed by atoms with E-state index in [0.29, 0.717) is 11.3 Å². The number of nitrogens with zero attached hydrogens (tertiary/aromatic N) is 3. The number of carbonyl (C=O) groups excluding carboxylic acids is 3. The first kappa shape index (κ1) is 21.7. The predicted octanol–water partition coefficient (Wildman–Crippen LogP) is 2.79. The van der Waals surface area contributed by atoms with Gasteiger partial charge in [0.2, 0.25) is 0 Å². The minimum atomic E-state index is -1.04. The van der Waals surface area contributed by atoms with Crippen molar-refractivity contribution in [2.45, 2.75) is 25.6 Å². The van der Waals surface area contributed by atoms with Crippen LogP contribution in [-0.4, -0.2) is 46.5 Å². The van der Waals surface area contributed by atoms with Gasteiger partial charge in [-0.25, -0.2) is 14.3 Å². The zero-order valence-corrected chi connectivity index (χ0v) is 17.1. The molecule has 0 aliphatic carbocycles. The Hall–Kier alpha value is -4.01. The van der Waals surface area contributed by atoms with E-state index in [1.54, 1.807) is 37.4 Å². The molecule has 0 spiro atoms. The molecule has 31 heavy (non-hydrogen) atoms. The molecule has 3 rings (SSSR count). The second-order valence-electron chi connectivity index (χ2n) is 6.77. The van der Waals surface area contributed by atoms with Crippen molar-refractivity contribution in [1.29, 1.82) is 0 Å². The fourth-order valence-electron chi connectivity index (χ4n) is 2.89. The van der Waals surface area contributed by atoms with Crippen molar-refractivity contribution < 1.29 is 23.9 Å². The molecule has 1 amide bonds. The van der Waals surface area contributed by atoms with E-state index in [2.05, 4.69) is 15.6 Å². The number of nitrogens with one attached hydrogen (secondary N) is 1. The van der Waals surface area contributed by atoms with Crippen LogP contribution in [0.3, 0.4) is 0 Å². The highest BCUT2D eigenvalue weighted by molar-refractivity contribution is 5.81. The number of rotatable bonds is 8. The summed E-state index contributed by atoms with van der Waals surface area (Å²) in [6.45, 7) is 1.77. The zero-order chi connectivity index (χ0) is 22.2. The number of aldehydes is 1. The lowest BCUT2D eigenvalue weighted by Gasteiger charge is -2.22. The number of esters is 1. The van der Waals surface area contributed by atoms with Gasteiger partial charge in [0.1, 0.15) is 18.6 Å². The van der Waals surface area contributed by atoms with Crippen LogP contribution in [-0.2, 0) is 20.9 Å². The quantitative estimate of drug-likeness (QED) is 0.439. The van der Waals surface area contributed by atoms with E-state index in [1.807, 2.05) is 30.3 Å². The smallest absolute Gasteiger partial charge is 0.408 e. The zero-order valence-electron chi connectivity index (χ0n) is 17.1. The van der Waals surface area contributed by atoms with Crippen molar-refractivity contribution in [3.63, 3.8) is 0 Å². The number of alkyl carbamates (subject to hydrolysis) is 1. The lowest BCUT2D eigenvalue weighted by Crippen LogP contribution is -2.46. The average Bonchev–Trinajstić information content (AvgIpc) is 3.31. The second kappa shape index (κ2) is 10.1. The highest BCUT2D eigenvalue weighted by Crippen LogP contribution is 2.19. The number of carbonyl (C=O) groups is 3. The van der Waals surface area contributed by atoms with E-state index in [-0.39, 0.29) is 6.61 Å². The van der Waals surface area contributed by atoms with Crippen molar-refractivity contribution >= 4 is 18.3 Å². The van der Waals surface area contributed by atoms with E-state index in [0.717, 1.165) is 17.4 Å². The van der Waals surface area contributed by atoms with Crippen molar-refractivity contribution in [3.8, 4) is 11.3 Å². The van der Waals surface area contributed by atoms with Crippen LogP contribution in [0.1, 0.15) is 28.9 Å². The minimum Gasteiger partial charge on any atom is -0.467 e. The summed E-state index contributed by atoms with van der Waals surface area (Å²) in [4.78, 5) is 35.4. The van der Waals surface area contributed by atoms with Crippen LogP contribution >= 0.6 is 0 Å². The van der Waals surface area contributed by atoms with Crippen LogP contribution in [0.25, 0.3) is 11.3 Å². The van der Waals surface area contributed by atoms with Gasteiger partial charge in [-0.3, -0.25) is 4.79 Å². The third-order valence-electron chi connectivity index (χ3n) is 4.69. The molecule has 9 nitrogen and oxygen atoms in total. The molecule has 2 atom stereocenters. The molecule has 3 aromatic rings. The Morgan fingerprint density at radius 3 is 2.48 bits per heavy atom. The fraction of sp³-hybridized carbons (Fsp3) is 0.227. The van der Waals surface area contributed by atoms with Gasteiger partial charge < -0.3 is 14.8 Å². The van der Waals surface area contributed by atoms with Gasteiger partial charge in [-0.05, 0) is 12.5 Å². The number of hydrogen-bond donors (Lipinski definition) is 1. The van der Waals surface area contributed by atoms with Gasteiger partial charge in [-0.2, -0.15) is 0 Å². The van der Waals surface area contributed by atoms with Gasteiger partial charge in [-0.15, -0.1) is 5.10 Å². The summed E-state index contributed by atoms with van der Waals surface area (Å²) in [5.41, 5.74) is 2.68. The number of ether oxygens (including phenoxy) is 2. The maximum Gasteiger partial charge on any atom is 0.408 e. The summed E-state index contributed by atoms with van der Waals surface area (Å²) in [7, 11) is 1.24. The summed E-state index contributed by atoms with van der Waals surface area (Å²) in [6.07, 6.45) is 1.65. The molecule has 2 aromatic carbocycles. The van der Waals surface area contributed by atoms with Crippen LogP contribution in [0.15, 0.2) is 60.8 Å². The molecular formula is C22H22N4O5. The second-order valence-corrected chi connectivity index (χ2v) is 6.77. The maximum absolute atomic E-state index is 12.3. The Labute approximate surface area is 179 Å². The first-order valence-electron chi connectivity index (χ1n) is 9.54. The van der Waals surface area contributed by atoms with Gasteiger partial charge >= 0.3 is 12.1 Å². The fourth-order valence-corrected chi connectivity index (χ4v) is 2.89. The van der Waals surface area contributed by atoms with Crippen LogP contribution < -0.4 is 5.32 Å². The molecule has 0 unspecified atom stereocenters. The highest BCUT2D eigenvalue weighted by atomic mass is 16.6. The SMILES string of the molecule is COC(=O)[C@@H](NC(=O)OCc1ccccc1)[C@H](C)n1cc(-c2ccc(C=O)cc2)nn1. The lowest BCUT2D eigenvalue weighted by atomic mass is 10.1. The normalized spacial score (nSPS) is 12.5. The van der Waals surface area contributed by atoms with Gasteiger partial charge in [0.05, 0.1) is 19.3 Å². The van der Waals surface area contributed by atoms with Crippen LogP contribution in [0.4, 0.5) is 4.79 Å². The molecule has 1 heterocycles. The molecule has 0 saturated heterocycles. The molecule has 0 saturated carbocycles. The van der Waals surface area contributed by atoms with Crippen LogP contribution in [0, 0.1) is 0 Å². The average molecular weight is 422 g/mol. The van der Waals surface area contributed by atoms with E-state index in [9.17, 15) is 14.4 Å². The number of aromatic nitrogens is 3. The van der Waals surface area contributed by atoms with E-state index in [4.69, 9.17) is 9.47 Å². The Morgan fingerprint density at radius 2 is 1.84 bits per heavy atom. The number of amides is 1. The molecule has 0 radical (unpaired) electrons. The Kier molecular flexibility index (Phi) is 7.10. The summed E-state index contributed by atoms with van der Waals surface area (Å²) in [6, 6.07) is 14.4. The number of methoxy groups -OCH3 is 1. The molecule has 0 aliphatic rings. The first-order chi connectivity index (χ1) is 15.0. The molecule has 0 fully saturated rings. The monoisotopic (exact) mass is 422 g/mol. The van der Waals surface area contributed by atoms with Gasteiger partial charge in [-0.1, -0.05) is 59.8 Å². The molecule has 0 aliphatic heterocycles. The number of benzene rings is 2. The highest BCUT2D eigenvalue weighted by Gasteiger charge is 2.30. The molecule has 1 aromatic heterocycles. The third-order valence-corrected chi connectivity index (χ3v) is 4.69. The van der Waals surface area contributed by atoms with Gasteiger partial charge in [0.25, 0.3) is 0 Å². The molecule has 1 N–H and O–H groups in total. The van der Waals surface area contributed by atoms with Crippen molar-refractivity contribution in [1.82, 2.24) is 20.3 Å². The van der Waals surface area contributed by atoms with E-state index < -0.39 is 24.1 Å². The maximum atomic E-state index is 12.3. The van der Waals surface area contributed by atoms with Crippen molar-refractivity contribution in [2.75, 3.05) is 7.11 Å². The molecule has 160 valence electrons. The summed E-state index contributed by atoms with van der Waals surface area (Å²) in [5.74, 6) is -0.642. The largest absolute Gasteiger partial charge is 0.467 e. The van der Waals surface area contributed by atoms with E-state index >= 15 is 0 Å². The van der Waals surface area contributed by atoms with Gasteiger partial charge in [0, 0.05) is 11.1 Å². The summed E-state index contributed by atoms with van der Waals surface area (Å²) < 4.78 is 11.5. The standard InChI is InChI=1S/C22H22N4O5/c1-15(26-12-19(24-25-26)18-10-8-16(13-27)9-11-18)20(21(28)30-2)23-22(29)31-14-17-6-4-3-5-7-17/h3-13,15,20H,14H2,1-2H3,(H,23,29)/t15-,20-/m0/s1.